The Balaban J connectivity index is 2.13. The van der Waals surface area contributed by atoms with Crippen molar-refractivity contribution >= 4 is 18.2 Å². The number of rotatable bonds is 13. The molecular weight excluding hydrogens is 366 g/mol. The minimum Gasteiger partial charge on any atom is -0.496 e. The third-order valence-electron chi connectivity index (χ3n) is 4.33. The van der Waals surface area contributed by atoms with Gasteiger partial charge in [0, 0.05) is 18.2 Å². The van der Waals surface area contributed by atoms with E-state index in [0.29, 0.717) is 26.4 Å². The molecular formula is C24H31NO4. The lowest BCUT2D eigenvalue weighted by molar-refractivity contribution is 0.146. The summed E-state index contributed by atoms with van der Waals surface area (Å²) >= 11 is 0. The first-order chi connectivity index (χ1) is 14.2. The van der Waals surface area contributed by atoms with Gasteiger partial charge in [0.2, 0.25) is 0 Å². The van der Waals surface area contributed by atoms with Gasteiger partial charge in [-0.15, -0.1) is 0 Å². The monoisotopic (exact) mass is 397 g/mol. The Labute approximate surface area is 173 Å². The molecule has 0 atom stereocenters. The minimum absolute atomic E-state index is 0.469. The Morgan fingerprint density at radius 2 is 1.62 bits per heavy atom. The molecule has 0 amide bonds. The number of nitrogens with two attached hydrogens (primary N) is 1. The summed E-state index contributed by atoms with van der Waals surface area (Å²) in [5, 5.41) is 0. The Morgan fingerprint density at radius 3 is 2.28 bits per heavy atom. The Bertz CT molecular complexity index is 784. The van der Waals surface area contributed by atoms with Crippen molar-refractivity contribution in [2.45, 2.75) is 12.8 Å². The van der Waals surface area contributed by atoms with Crippen LogP contribution in [0.3, 0.4) is 0 Å². The number of unbranched alkanes of at least 4 members (excludes halogenated alkanes) is 1. The highest BCUT2D eigenvalue weighted by Crippen LogP contribution is 2.31. The molecule has 0 aliphatic heterocycles. The van der Waals surface area contributed by atoms with Gasteiger partial charge in [-0.3, -0.25) is 0 Å². The first-order valence-electron chi connectivity index (χ1n) is 9.79. The summed E-state index contributed by atoms with van der Waals surface area (Å²) in [7, 11) is 3.30. The second kappa shape index (κ2) is 12.6. The lowest BCUT2D eigenvalue weighted by Crippen LogP contribution is -2.05. The summed E-state index contributed by atoms with van der Waals surface area (Å²) in [6.45, 7) is 6.21. The highest BCUT2D eigenvalue weighted by Gasteiger charge is 2.08. The fraction of sp³-hybridized carbons (Fsp3) is 0.333. The van der Waals surface area contributed by atoms with Gasteiger partial charge in [0.1, 0.15) is 23.9 Å². The second-order valence-corrected chi connectivity index (χ2v) is 6.42. The molecule has 2 rings (SSSR count). The fourth-order valence-electron chi connectivity index (χ4n) is 2.72. The summed E-state index contributed by atoms with van der Waals surface area (Å²) in [6.07, 6.45) is 7.73. The van der Waals surface area contributed by atoms with Gasteiger partial charge in [-0.05, 0) is 49.2 Å². The van der Waals surface area contributed by atoms with Crippen LogP contribution in [0, 0.1) is 0 Å². The van der Waals surface area contributed by atoms with E-state index in [2.05, 4.69) is 6.58 Å². The third kappa shape index (κ3) is 7.29. The molecule has 0 fully saturated rings. The van der Waals surface area contributed by atoms with Crippen LogP contribution in [0.2, 0.25) is 0 Å². The normalized spacial score (nSPS) is 10.9. The fourth-order valence-corrected chi connectivity index (χ4v) is 2.72. The van der Waals surface area contributed by atoms with E-state index in [-0.39, 0.29) is 0 Å². The van der Waals surface area contributed by atoms with Crippen LogP contribution in [0.15, 0.2) is 43.0 Å². The third-order valence-corrected chi connectivity index (χ3v) is 4.33. The molecule has 0 aliphatic rings. The molecule has 0 saturated carbocycles. The van der Waals surface area contributed by atoms with Gasteiger partial charge in [0.05, 0.1) is 20.3 Å². The molecule has 2 aromatic rings. The number of benzene rings is 2. The number of ether oxygens (including phenoxy) is 4. The maximum absolute atomic E-state index is 5.88. The van der Waals surface area contributed by atoms with Gasteiger partial charge in [0.15, 0.2) is 0 Å². The van der Waals surface area contributed by atoms with Crippen LogP contribution in [0.25, 0.3) is 18.2 Å². The summed E-state index contributed by atoms with van der Waals surface area (Å²) in [5.41, 5.74) is 8.37. The maximum Gasteiger partial charge on any atom is 0.127 e. The van der Waals surface area contributed by atoms with Crippen molar-refractivity contribution in [3.8, 4) is 17.2 Å². The van der Waals surface area contributed by atoms with Crippen molar-refractivity contribution in [3.63, 3.8) is 0 Å². The zero-order chi connectivity index (χ0) is 20.9. The molecule has 0 unspecified atom stereocenters. The van der Waals surface area contributed by atoms with E-state index >= 15 is 0 Å². The van der Waals surface area contributed by atoms with Crippen molar-refractivity contribution in [2.75, 3.05) is 40.6 Å². The van der Waals surface area contributed by atoms with E-state index in [0.717, 1.165) is 46.8 Å². The van der Waals surface area contributed by atoms with E-state index in [9.17, 15) is 0 Å². The zero-order valence-corrected chi connectivity index (χ0v) is 17.4. The van der Waals surface area contributed by atoms with Crippen LogP contribution in [-0.2, 0) is 4.74 Å². The largest absolute Gasteiger partial charge is 0.496 e. The van der Waals surface area contributed by atoms with Gasteiger partial charge >= 0.3 is 0 Å². The molecule has 0 aromatic heterocycles. The Morgan fingerprint density at radius 1 is 0.862 bits per heavy atom. The molecule has 0 bridgehead atoms. The van der Waals surface area contributed by atoms with Gasteiger partial charge in [-0.2, -0.15) is 0 Å². The standard InChI is InChI=1S/C24H31NO4/c1-4-20-17-24(29-16-15-26-2)21(18-23(20)27-3)10-7-19-8-11-22(12-9-19)28-14-6-5-13-25/h4,7-12,17-18H,1,5-6,13-16,25H2,2-3H3/b10-7+. The van der Waals surface area contributed by atoms with Crippen molar-refractivity contribution in [2.24, 2.45) is 5.73 Å². The molecule has 5 nitrogen and oxygen atoms in total. The van der Waals surface area contributed by atoms with Crippen molar-refractivity contribution < 1.29 is 18.9 Å². The van der Waals surface area contributed by atoms with Crippen LogP contribution in [-0.4, -0.2) is 40.6 Å². The summed E-state index contributed by atoms with van der Waals surface area (Å²) < 4.78 is 22.2. The summed E-state index contributed by atoms with van der Waals surface area (Å²) in [4.78, 5) is 0. The average Bonchev–Trinajstić information content (AvgIpc) is 2.76. The van der Waals surface area contributed by atoms with Crippen LogP contribution < -0.4 is 19.9 Å². The number of hydrogen-bond donors (Lipinski definition) is 1. The van der Waals surface area contributed by atoms with Gasteiger partial charge in [-0.1, -0.05) is 36.9 Å². The van der Waals surface area contributed by atoms with Crippen LogP contribution in [0.1, 0.15) is 29.5 Å². The van der Waals surface area contributed by atoms with Crippen LogP contribution >= 0.6 is 0 Å². The van der Waals surface area contributed by atoms with E-state index in [4.69, 9.17) is 24.7 Å². The molecule has 2 N–H and O–H groups in total. The van der Waals surface area contributed by atoms with E-state index in [1.807, 2.05) is 48.6 Å². The van der Waals surface area contributed by atoms with E-state index < -0.39 is 0 Å². The predicted octanol–water partition coefficient (Wildman–Crippen LogP) is 4.65. The molecule has 0 radical (unpaired) electrons. The molecule has 0 spiro atoms. The SMILES string of the molecule is C=Cc1cc(OCCOC)c(/C=C/c2ccc(OCCCCN)cc2)cc1OC. The Hall–Kier alpha value is -2.76. The average molecular weight is 398 g/mol. The van der Waals surface area contributed by atoms with Crippen LogP contribution in [0.5, 0.6) is 17.2 Å². The second-order valence-electron chi connectivity index (χ2n) is 6.42. The van der Waals surface area contributed by atoms with Crippen molar-refractivity contribution in [1.29, 1.82) is 0 Å². The molecule has 0 heterocycles. The first kappa shape index (κ1) is 22.5. The summed E-state index contributed by atoms with van der Waals surface area (Å²) in [5.74, 6) is 2.37. The molecule has 5 heteroatoms. The lowest BCUT2D eigenvalue weighted by atomic mass is 10.1. The van der Waals surface area contributed by atoms with Gasteiger partial charge < -0.3 is 24.7 Å². The Kier molecular flexibility index (Phi) is 9.83. The maximum atomic E-state index is 5.88. The smallest absolute Gasteiger partial charge is 0.127 e. The minimum atomic E-state index is 0.469. The van der Waals surface area contributed by atoms with Crippen LogP contribution in [0.4, 0.5) is 0 Å². The lowest BCUT2D eigenvalue weighted by Gasteiger charge is -2.13. The molecule has 2 aromatic carbocycles. The predicted molar refractivity (Wildman–Crippen MR) is 120 cm³/mol. The van der Waals surface area contributed by atoms with Crippen molar-refractivity contribution in [1.82, 2.24) is 0 Å². The number of hydrogen-bond acceptors (Lipinski definition) is 5. The van der Waals surface area contributed by atoms with Gasteiger partial charge in [-0.25, -0.2) is 0 Å². The highest BCUT2D eigenvalue weighted by molar-refractivity contribution is 5.75. The van der Waals surface area contributed by atoms with E-state index in [1.54, 1.807) is 20.3 Å². The molecule has 0 saturated heterocycles. The zero-order valence-electron chi connectivity index (χ0n) is 17.4. The highest BCUT2D eigenvalue weighted by atomic mass is 16.5. The number of methoxy groups -OCH3 is 2. The molecule has 29 heavy (non-hydrogen) atoms. The van der Waals surface area contributed by atoms with E-state index in [1.165, 1.54) is 0 Å². The molecule has 0 aliphatic carbocycles. The summed E-state index contributed by atoms with van der Waals surface area (Å²) in [6, 6.07) is 11.9. The molecule has 156 valence electrons. The van der Waals surface area contributed by atoms with Crippen molar-refractivity contribution in [3.05, 3.63) is 59.7 Å². The topological polar surface area (TPSA) is 62.9 Å². The quantitative estimate of drug-likeness (QED) is 0.394. The van der Waals surface area contributed by atoms with Gasteiger partial charge in [0.25, 0.3) is 0 Å². The first-order valence-corrected chi connectivity index (χ1v) is 9.79.